The van der Waals surface area contributed by atoms with Crippen molar-refractivity contribution in [1.29, 1.82) is 0 Å². The van der Waals surface area contributed by atoms with Crippen LogP contribution in [0, 0.1) is 11.3 Å². The lowest BCUT2D eigenvalue weighted by atomic mass is 9.72. The Hall–Kier alpha value is -0.0400. The molecule has 12 heavy (non-hydrogen) atoms. The van der Waals surface area contributed by atoms with Crippen LogP contribution < -0.4 is 0 Å². The van der Waals surface area contributed by atoms with Crippen LogP contribution in [0.1, 0.15) is 40.0 Å². The van der Waals surface area contributed by atoms with E-state index in [0.717, 1.165) is 18.0 Å². The lowest BCUT2D eigenvalue weighted by molar-refractivity contribution is 0.175. The first-order valence-corrected chi connectivity index (χ1v) is 5.22. The van der Waals surface area contributed by atoms with Gasteiger partial charge in [-0.05, 0) is 37.6 Å². The van der Waals surface area contributed by atoms with Crippen molar-refractivity contribution < 1.29 is 0 Å². The summed E-state index contributed by atoms with van der Waals surface area (Å²) in [6, 6.07) is 1.81. The van der Waals surface area contributed by atoms with Gasteiger partial charge in [-0.3, -0.25) is 0 Å². The van der Waals surface area contributed by atoms with E-state index in [9.17, 15) is 0 Å². The number of fused-ring (bicyclic) bond motifs is 2. The highest BCUT2D eigenvalue weighted by atomic mass is 15.2. The zero-order valence-corrected chi connectivity index (χ0v) is 8.80. The predicted octanol–water partition coefficient (Wildman–Crippen LogP) is 2.52. The minimum atomic E-state index is 0.522. The van der Waals surface area contributed by atoms with Gasteiger partial charge in [0.05, 0.1) is 0 Å². The van der Waals surface area contributed by atoms with Gasteiger partial charge in [-0.15, -0.1) is 0 Å². The first-order chi connectivity index (χ1) is 5.50. The van der Waals surface area contributed by atoms with E-state index in [2.05, 4.69) is 32.7 Å². The minimum Gasteiger partial charge on any atom is -0.300 e. The monoisotopic (exact) mass is 167 g/mol. The minimum absolute atomic E-state index is 0.522. The maximum Gasteiger partial charge on any atom is 0.0130 e. The molecule has 70 valence electrons. The highest BCUT2D eigenvalue weighted by Crippen LogP contribution is 2.47. The van der Waals surface area contributed by atoms with Crippen LogP contribution in [0.25, 0.3) is 0 Å². The molecular weight excluding hydrogens is 146 g/mol. The molecule has 0 aromatic heterocycles. The highest BCUT2D eigenvalue weighted by Gasteiger charge is 2.47. The van der Waals surface area contributed by atoms with Gasteiger partial charge in [0.1, 0.15) is 0 Å². The average Bonchev–Trinajstić information content (AvgIpc) is 2.45. The molecule has 1 nitrogen and oxygen atoms in total. The standard InChI is InChI=1S/C11H21N/c1-11(2,3)9-7-8-5-6-10(9)12(8)4/h8-10H,5-7H2,1-4H3/t8?,9-,10?/m1/s1. The first-order valence-electron chi connectivity index (χ1n) is 5.22. The molecule has 0 aliphatic carbocycles. The highest BCUT2D eigenvalue weighted by molar-refractivity contribution is 5.01. The van der Waals surface area contributed by atoms with Crippen LogP contribution in [0.4, 0.5) is 0 Å². The molecule has 0 aromatic rings. The van der Waals surface area contributed by atoms with Crippen molar-refractivity contribution >= 4 is 0 Å². The smallest absolute Gasteiger partial charge is 0.0130 e. The second-order valence-corrected chi connectivity index (χ2v) is 5.67. The molecule has 2 aliphatic heterocycles. The molecule has 0 spiro atoms. The predicted molar refractivity (Wildman–Crippen MR) is 52.1 cm³/mol. The Labute approximate surface area is 76.1 Å². The van der Waals surface area contributed by atoms with Gasteiger partial charge in [0.15, 0.2) is 0 Å². The van der Waals surface area contributed by atoms with Gasteiger partial charge in [0.2, 0.25) is 0 Å². The second kappa shape index (κ2) is 2.47. The van der Waals surface area contributed by atoms with E-state index in [1.54, 1.807) is 0 Å². The fourth-order valence-electron chi connectivity index (χ4n) is 3.19. The largest absolute Gasteiger partial charge is 0.300 e. The van der Waals surface area contributed by atoms with E-state index >= 15 is 0 Å². The van der Waals surface area contributed by atoms with E-state index in [4.69, 9.17) is 0 Å². The molecular formula is C11H21N. The SMILES string of the molecule is CN1C2CCC1[C@H](C(C)(C)C)C2. The molecule has 2 fully saturated rings. The Morgan fingerprint density at radius 2 is 1.83 bits per heavy atom. The van der Waals surface area contributed by atoms with Crippen LogP contribution in [0.15, 0.2) is 0 Å². The molecule has 0 amide bonds. The van der Waals surface area contributed by atoms with Gasteiger partial charge in [-0.1, -0.05) is 20.8 Å². The second-order valence-electron chi connectivity index (χ2n) is 5.67. The van der Waals surface area contributed by atoms with E-state index < -0.39 is 0 Å². The molecule has 2 unspecified atom stereocenters. The van der Waals surface area contributed by atoms with E-state index in [0.29, 0.717) is 5.41 Å². The van der Waals surface area contributed by atoms with Gasteiger partial charge < -0.3 is 4.90 Å². The fraction of sp³-hybridized carbons (Fsp3) is 1.00. The summed E-state index contributed by atoms with van der Waals surface area (Å²) in [7, 11) is 2.31. The van der Waals surface area contributed by atoms with Crippen molar-refractivity contribution in [3.05, 3.63) is 0 Å². The number of hydrogen-bond acceptors (Lipinski definition) is 1. The summed E-state index contributed by atoms with van der Waals surface area (Å²) >= 11 is 0. The lowest BCUT2D eigenvalue weighted by Crippen LogP contribution is -2.33. The first kappa shape index (κ1) is 8.55. The van der Waals surface area contributed by atoms with Crippen LogP contribution >= 0.6 is 0 Å². The molecule has 2 heterocycles. The third-order valence-corrected chi connectivity index (χ3v) is 4.00. The van der Waals surface area contributed by atoms with Crippen molar-refractivity contribution in [2.75, 3.05) is 7.05 Å². The molecule has 0 radical (unpaired) electrons. The summed E-state index contributed by atoms with van der Waals surface area (Å²) < 4.78 is 0. The molecule has 1 heteroatoms. The topological polar surface area (TPSA) is 3.24 Å². The Bertz CT molecular complexity index is 180. The Morgan fingerprint density at radius 1 is 1.17 bits per heavy atom. The van der Waals surface area contributed by atoms with Crippen molar-refractivity contribution in [1.82, 2.24) is 4.90 Å². The van der Waals surface area contributed by atoms with Gasteiger partial charge in [-0.2, -0.15) is 0 Å². The number of hydrogen-bond donors (Lipinski definition) is 0. The molecule has 2 aliphatic rings. The fourth-order valence-corrected chi connectivity index (χ4v) is 3.19. The van der Waals surface area contributed by atoms with E-state index in [-0.39, 0.29) is 0 Å². The molecule has 3 atom stereocenters. The quantitative estimate of drug-likeness (QED) is 0.536. The Kier molecular flexibility index (Phi) is 1.76. The van der Waals surface area contributed by atoms with Crippen LogP contribution in [-0.4, -0.2) is 24.0 Å². The molecule has 2 rings (SSSR count). The third kappa shape index (κ3) is 1.10. The third-order valence-electron chi connectivity index (χ3n) is 4.00. The van der Waals surface area contributed by atoms with Crippen molar-refractivity contribution in [3.63, 3.8) is 0 Å². The number of rotatable bonds is 0. The van der Waals surface area contributed by atoms with Gasteiger partial charge >= 0.3 is 0 Å². The van der Waals surface area contributed by atoms with Crippen molar-refractivity contribution in [2.24, 2.45) is 11.3 Å². The van der Waals surface area contributed by atoms with Gasteiger partial charge in [0, 0.05) is 12.1 Å². The Morgan fingerprint density at radius 3 is 2.08 bits per heavy atom. The molecule has 2 bridgehead atoms. The van der Waals surface area contributed by atoms with Crippen molar-refractivity contribution in [3.8, 4) is 0 Å². The molecule has 0 saturated carbocycles. The zero-order chi connectivity index (χ0) is 8.93. The van der Waals surface area contributed by atoms with Gasteiger partial charge in [0.25, 0.3) is 0 Å². The van der Waals surface area contributed by atoms with Crippen LogP contribution in [0.5, 0.6) is 0 Å². The summed E-state index contributed by atoms with van der Waals surface area (Å²) in [6.45, 7) is 7.19. The molecule has 0 aromatic carbocycles. The van der Waals surface area contributed by atoms with Crippen LogP contribution in [0.3, 0.4) is 0 Å². The number of nitrogens with zero attached hydrogens (tertiary/aromatic N) is 1. The summed E-state index contributed by atoms with van der Waals surface area (Å²) in [6.07, 6.45) is 4.35. The maximum atomic E-state index is 2.62. The summed E-state index contributed by atoms with van der Waals surface area (Å²) in [5, 5.41) is 0. The normalized spacial score (nSPS) is 42.5. The summed E-state index contributed by atoms with van der Waals surface area (Å²) in [4.78, 5) is 2.62. The van der Waals surface area contributed by atoms with E-state index in [1.807, 2.05) is 0 Å². The Balaban J connectivity index is 2.14. The van der Waals surface area contributed by atoms with E-state index in [1.165, 1.54) is 19.3 Å². The maximum absolute atomic E-state index is 2.62. The molecule has 0 N–H and O–H groups in total. The molecule has 2 saturated heterocycles. The zero-order valence-electron chi connectivity index (χ0n) is 8.80. The van der Waals surface area contributed by atoms with Crippen molar-refractivity contribution in [2.45, 2.75) is 52.1 Å². The van der Waals surface area contributed by atoms with Gasteiger partial charge in [-0.25, -0.2) is 0 Å². The van der Waals surface area contributed by atoms with Crippen LogP contribution in [-0.2, 0) is 0 Å². The van der Waals surface area contributed by atoms with Crippen LogP contribution in [0.2, 0.25) is 0 Å². The summed E-state index contributed by atoms with van der Waals surface area (Å²) in [5.41, 5.74) is 0.522. The average molecular weight is 167 g/mol. The summed E-state index contributed by atoms with van der Waals surface area (Å²) in [5.74, 6) is 0.946. The lowest BCUT2D eigenvalue weighted by Gasteiger charge is -2.33.